The molecule has 0 radical (unpaired) electrons. The number of rotatable bonds is 3. The molecule has 0 saturated carbocycles. The van der Waals surface area contributed by atoms with Crippen LogP contribution in [0.2, 0.25) is 0 Å². The van der Waals surface area contributed by atoms with Crippen LogP contribution in [0.4, 0.5) is 0 Å². The molecule has 48 valence electrons. The maximum atomic E-state index is 8.39. The van der Waals surface area contributed by atoms with Crippen molar-refractivity contribution in [3.63, 3.8) is 0 Å². The largest absolute Gasteiger partial charge is 0.378 e. The Kier molecular flexibility index (Phi) is 12.4. The summed E-state index contributed by atoms with van der Waals surface area (Å²) < 4.78 is 0. The summed E-state index contributed by atoms with van der Waals surface area (Å²) in [4.78, 5) is 0. The van der Waals surface area contributed by atoms with Gasteiger partial charge in [0.05, 0.1) is 0 Å². The van der Waals surface area contributed by atoms with Gasteiger partial charge in [0.1, 0.15) is 5.56 Å². The van der Waals surface area contributed by atoms with Crippen molar-refractivity contribution < 1.29 is 26.8 Å². The number of alkyl halides is 2. The SMILES string of the molecule is OC(Cl)CCCCl.[Ti]. The second-order valence-electron chi connectivity index (χ2n) is 1.27. The van der Waals surface area contributed by atoms with E-state index in [0.29, 0.717) is 12.3 Å². The van der Waals surface area contributed by atoms with Gasteiger partial charge in [-0.05, 0) is 12.8 Å². The molecule has 0 aliphatic rings. The molecule has 1 nitrogen and oxygen atoms in total. The van der Waals surface area contributed by atoms with Gasteiger partial charge in [-0.15, -0.1) is 11.6 Å². The van der Waals surface area contributed by atoms with Crippen LogP contribution in [0.3, 0.4) is 0 Å². The van der Waals surface area contributed by atoms with Crippen molar-refractivity contribution in [1.82, 2.24) is 0 Å². The summed E-state index contributed by atoms with van der Waals surface area (Å²) >= 11 is 10.4. The molecule has 0 bridgehead atoms. The second-order valence-corrected chi connectivity index (χ2v) is 2.15. The van der Waals surface area contributed by atoms with E-state index in [0.717, 1.165) is 6.42 Å². The van der Waals surface area contributed by atoms with Crippen molar-refractivity contribution in [3.05, 3.63) is 0 Å². The third kappa shape index (κ3) is 10.3. The third-order valence-corrected chi connectivity index (χ3v) is 1.06. The molecule has 8 heavy (non-hydrogen) atoms. The quantitative estimate of drug-likeness (QED) is 0.529. The van der Waals surface area contributed by atoms with E-state index in [9.17, 15) is 0 Å². The molecule has 0 heterocycles. The minimum atomic E-state index is -0.709. The molecule has 1 unspecified atom stereocenters. The smallest absolute Gasteiger partial charge is 0.128 e. The molecule has 0 aromatic carbocycles. The first-order valence-corrected chi connectivity index (χ1v) is 3.12. The van der Waals surface area contributed by atoms with Crippen LogP contribution in [0.15, 0.2) is 0 Å². The van der Waals surface area contributed by atoms with E-state index in [4.69, 9.17) is 28.3 Å². The van der Waals surface area contributed by atoms with Gasteiger partial charge in [0.2, 0.25) is 0 Å². The van der Waals surface area contributed by atoms with Crippen molar-refractivity contribution >= 4 is 23.2 Å². The van der Waals surface area contributed by atoms with Gasteiger partial charge < -0.3 is 5.11 Å². The zero-order valence-corrected chi connectivity index (χ0v) is 7.48. The van der Waals surface area contributed by atoms with Gasteiger partial charge in [0.15, 0.2) is 0 Å². The average molecular weight is 191 g/mol. The van der Waals surface area contributed by atoms with Crippen molar-refractivity contribution in [2.24, 2.45) is 0 Å². The van der Waals surface area contributed by atoms with Crippen LogP contribution < -0.4 is 0 Å². The first-order chi connectivity index (χ1) is 3.27. The van der Waals surface area contributed by atoms with Crippen LogP contribution >= 0.6 is 23.2 Å². The Labute approximate surface area is 74.2 Å². The predicted molar refractivity (Wildman–Crippen MR) is 31.8 cm³/mol. The Morgan fingerprint density at radius 1 is 1.50 bits per heavy atom. The van der Waals surface area contributed by atoms with E-state index in [1.54, 1.807) is 0 Å². The van der Waals surface area contributed by atoms with Crippen LogP contribution in [0.5, 0.6) is 0 Å². The van der Waals surface area contributed by atoms with Gasteiger partial charge in [-0.3, -0.25) is 0 Å². The van der Waals surface area contributed by atoms with Crippen LogP contribution in [-0.2, 0) is 21.7 Å². The Morgan fingerprint density at radius 2 is 2.00 bits per heavy atom. The van der Waals surface area contributed by atoms with E-state index in [1.807, 2.05) is 0 Å². The minimum absolute atomic E-state index is 0. The van der Waals surface area contributed by atoms with Gasteiger partial charge in [-0.2, -0.15) is 0 Å². The standard InChI is InChI=1S/C4H8Cl2O.Ti/c5-3-1-2-4(6)7;/h4,7H,1-3H2;. The van der Waals surface area contributed by atoms with Crippen LogP contribution in [0, 0.1) is 0 Å². The molecule has 1 atom stereocenters. The van der Waals surface area contributed by atoms with Crippen LogP contribution in [0.25, 0.3) is 0 Å². The summed E-state index contributed by atoms with van der Waals surface area (Å²) in [5, 5.41) is 8.39. The average Bonchev–Trinajstić information content (AvgIpc) is 1.61. The Hall–Kier alpha value is 1.25. The van der Waals surface area contributed by atoms with E-state index in [1.165, 1.54) is 0 Å². The molecule has 0 aromatic rings. The molecule has 0 aliphatic carbocycles. The van der Waals surface area contributed by atoms with E-state index >= 15 is 0 Å². The molecule has 0 saturated heterocycles. The fraction of sp³-hybridized carbons (Fsp3) is 1.00. The first kappa shape index (κ1) is 12.0. The number of halogens is 2. The Bertz CT molecular complexity index is 43.0. The predicted octanol–water partition coefficient (Wildman–Crippen LogP) is 1.56. The van der Waals surface area contributed by atoms with Crippen LogP contribution in [0.1, 0.15) is 12.8 Å². The molecular formula is C4H8Cl2OTi. The third-order valence-electron chi connectivity index (χ3n) is 0.576. The van der Waals surface area contributed by atoms with Gasteiger partial charge in [-0.1, -0.05) is 11.6 Å². The molecule has 0 fully saturated rings. The maximum absolute atomic E-state index is 8.39. The van der Waals surface area contributed by atoms with E-state index in [-0.39, 0.29) is 21.7 Å². The topological polar surface area (TPSA) is 20.2 Å². The summed E-state index contributed by atoms with van der Waals surface area (Å²) in [6.45, 7) is 0. The fourth-order valence-corrected chi connectivity index (χ4v) is 0.554. The summed E-state index contributed by atoms with van der Waals surface area (Å²) in [5.41, 5.74) is -0.709. The summed E-state index contributed by atoms with van der Waals surface area (Å²) in [7, 11) is 0. The van der Waals surface area contributed by atoms with Gasteiger partial charge >= 0.3 is 0 Å². The first-order valence-electron chi connectivity index (χ1n) is 2.15. The Morgan fingerprint density at radius 3 is 2.12 bits per heavy atom. The summed E-state index contributed by atoms with van der Waals surface area (Å²) in [6.07, 6.45) is 1.37. The summed E-state index contributed by atoms with van der Waals surface area (Å²) in [5.74, 6) is 0.573. The molecule has 0 aliphatic heterocycles. The number of aliphatic hydroxyl groups excluding tert-OH is 1. The van der Waals surface area contributed by atoms with Gasteiger partial charge in [0.25, 0.3) is 0 Å². The fourth-order valence-electron chi connectivity index (χ4n) is 0.246. The molecule has 0 aromatic heterocycles. The molecule has 0 rings (SSSR count). The van der Waals surface area contributed by atoms with Crippen molar-refractivity contribution in [2.75, 3.05) is 5.88 Å². The molecule has 0 spiro atoms. The summed E-state index contributed by atoms with van der Waals surface area (Å²) in [6, 6.07) is 0. The maximum Gasteiger partial charge on any atom is 0.128 e. The number of aliphatic hydroxyl groups is 1. The normalized spacial score (nSPS) is 12.4. The van der Waals surface area contributed by atoms with E-state index in [2.05, 4.69) is 0 Å². The molecular weight excluding hydrogens is 183 g/mol. The minimum Gasteiger partial charge on any atom is -0.378 e. The van der Waals surface area contributed by atoms with Gasteiger partial charge in [-0.25, -0.2) is 0 Å². The molecule has 4 heteroatoms. The molecule has 0 amide bonds. The van der Waals surface area contributed by atoms with Crippen molar-refractivity contribution in [3.8, 4) is 0 Å². The Balaban J connectivity index is 0. The number of hydrogen-bond acceptors (Lipinski definition) is 1. The van der Waals surface area contributed by atoms with Crippen LogP contribution in [-0.4, -0.2) is 16.5 Å². The van der Waals surface area contributed by atoms with Gasteiger partial charge in [0, 0.05) is 27.6 Å². The monoisotopic (exact) mass is 190 g/mol. The number of hydrogen-bond donors (Lipinski definition) is 1. The zero-order valence-electron chi connectivity index (χ0n) is 4.40. The zero-order chi connectivity index (χ0) is 5.70. The second kappa shape index (κ2) is 8.25. The van der Waals surface area contributed by atoms with E-state index < -0.39 is 5.56 Å². The molecule has 1 N–H and O–H groups in total. The van der Waals surface area contributed by atoms with Crippen molar-refractivity contribution in [1.29, 1.82) is 0 Å². The van der Waals surface area contributed by atoms with Crippen molar-refractivity contribution in [2.45, 2.75) is 18.4 Å².